The van der Waals surface area contributed by atoms with Crippen molar-refractivity contribution < 1.29 is 28.2 Å². The van der Waals surface area contributed by atoms with Gasteiger partial charge in [0, 0.05) is 16.8 Å². The lowest BCUT2D eigenvalue weighted by Gasteiger charge is -2.09. The number of benzene rings is 3. The van der Waals surface area contributed by atoms with Crippen molar-refractivity contribution in [3.63, 3.8) is 0 Å². The number of halogens is 2. The largest absolute Gasteiger partial charge is 0.481 e. The number of hydrogen-bond acceptors (Lipinski definition) is 5. The topological polar surface area (TPSA) is 81.7 Å². The minimum atomic E-state index is -0.740. The molecule has 6 nitrogen and oxygen atoms in total. The highest BCUT2D eigenvalue weighted by Crippen LogP contribution is 2.25. The minimum absolute atomic E-state index is 0.263. The fourth-order valence-corrected chi connectivity index (χ4v) is 3.00. The SMILES string of the molecule is O=C(COc1ccc(F)cc1Br)OCC(=O)c1ccc(NC(=O)c2ccccc2)cc1. The van der Waals surface area contributed by atoms with Gasteiger partial charge < -0.3 is 14.8 Å². The number of nitrogens with one attached hydrogen (secondary N) is 1. The van der Waals surface area contributed by atoms with E-state index in [0.29, 0.717) is 21.3 Å². The molecule has 1 N–H and O–H groups in total. The maximum Gasteiger partial charge on any atom is 0.344 e. The molecule has 0 atom stereocenters. The lowest BCUT2D eigenvalue weighted by atomic mass is 10.1. The zero-order valence-electron chi connectivity index (χ0n) is 16.1. The average Bonchev–Trinajstić information content (AvgIpc) is 2.78. The molecule has 0 saturated carbocycles. The van der Waals surface area contributed by atoms with E-state index in [-0.39, 0.29) is 11.7 Å². The highest BCUT2D eigenvalue weighted by Gasteiger charge is 2.12. The molecule has 3 rings (SSSR count). The van der Waals surface area contributed by atoms with Gasteiger partial charge in [0.25, 0.3) is 5.91 Å². The van der Waals surface area contributed by atoms with Crippen molar-refractivity contribution in [2.45, 2.75) is 0 Å². The molecule has 0 fully saturated rings. The summed E-state index contributed by atoms with van der Waals surface area (Å²) in [5.41, 5.74) is 1.37. The number of carbonyl (C=O) groups is 3. The van der Waals surface area contributed by atoms with Crippen molar-refractivity contribution in [3.8, 4) is 5.75 Å². The van der Waals surface area contributed by atoms with Crippen molar-refractivity contribution >= 4 is 39.3 Å². The number of anilines is 1. The van der Waals surface area contributed by atoms with E-state index in [4.69, 9.17) is 9.47 Å². The Kier molecular flexibility index (Phi) is 7.50. The molecule has 8 heteroatoms. The Bertz CT molecular complexity index is 1090. The second-order valence-electron chi connectivity index (χ2n) is 6.34. The summed E-state index contributed by atoms with van der Waals surface area (Å²) < 4.78 is 23.6. The molecule has 158 valence electrons. The maximum atomic E-state index is 13.0. The van der Waals surface area contributed by atoms with Gasteiger partial charge in [-0.05, 0) is 70.5 Å². The van der Waals surface area contributed by atoms with Crippen molar-refractivity contribution in [2.24, 2.45) is 0 Å². The van der Waals surface area contributed by atoms with Gasteiger partial charge in [0.1, 0.15) is 11.6 Å². The molecule has 0 aliphatic rings. The van der Waals surface area contributed by atoms with E-state index in [1.807, 2.05) is 6.07 Å². The van der Waals surface area contributed by atoms with Crippen LogP contribution >= 0.6 is 15.9 Å². The summed E-state index contributed by atoms with van der Waals surface area (Å²) in [4.78, 5) is 36.2. The van der Waals surface area contributed by atoms with Crippen LogP contribution in [0, 0.1) is 5.82 Å². The van der Waals surface area contributed by atoms with E-state index in [9.17, 15) is 18.8 Å². The first kappa shape index (κ1) is 22.2. The summed E-state index contributed by atoms with van der Waals surface area (Å²) in [5, 5.41) is 2.74. The number of esters is 1. The second kappa shape index (κ2) is 10.5. The Morgan fingerprint density at radius 3 is 2.26 bits per heavy atom. The molecule has 1 amide bonds. The third-order valence-electron chi connectivity index (χ3n) is 4.10. The Balaban J connectivity index is 1.46. The van der Waals surface area contributed by atoms with Gasteiger partial charge in [0.15, 0.2) is 19.0 Å². The Morgan fingerprint density at radius 1 is 0.871 bits per heavy atom. The van der Waals surface area contributed by atoms with Crippen LogP contribution in [0.4, 0.5) is 10.1 Å². The molecular formula is C23H17BrFNO5. The fraction of sp³-hybridized carbons (Fsp3) is 0.0870. The highest BCUT2D eigenvalue weighted by molar-refractivity contribution is 9.10. The van der Waals surface area contributed by atoms with Gasteiger partial charge in [-0.15, -0.1) is 0 Å². The van der Waals surface area contributed by atoms with Crippen LogP contribution in [0.3, 0.4) is 0 Å². The normalized spacial score (nSPS) is 10.3. The van der Waals surface area contributed by atoms with Crippen LogP contribution < -0.4 is 10.1 Å². The third kappa shape index (κ3) is 6.48. The van der Waals surface area contributed by atoms with E-state index in [2.05, 4.69) is 21.2 Å². The fourth-order valence-electron chi connectivity index (χ4n) is 2.53. The number of ketones is 1. The molecule has 31 heavy (non-hydrogen) atoms. The Labute approximate surface area is 186 Å². The second-order valence-corrected chi connectivity index (χ2v) is 7.20. The van der Waals surface area contributed by atoms with Crippen molar-refractivity contribution in [1.29, 1.82) is 0 Å². The summed E-state index contributed by atoms with van der Waals surface area (Å²) in [6.45, 7) is -0.884. The van der Waals surface area contributed by atoms with Crippen LogP contribution in [0.2, 0.25) is 0 Å². The summed E-state index contributed by atoms with van der Waals surface area (Å²) in [5.74, 6) is -1.58. The average molecular weight is 486 g/mol. The molecular weight excluding hydrogens is 469 g/mol. The zero-order valence-corrected chi connectivity index (χ0v) is 17.7. The quantitative estimate of drug-likeness (QED) is 0.371. The smallest absolute Gasteiger partial charge is 0.344 e. The summed E-state index contributed by atoms with van der Waals surface area (Å²) >= 11 is 3.13. The lowest BCUT2D eigenvalue weighted by Crippen LogP contribution is -2.19. The molecule has 0 aliphatic carbocycles. The summed E-state index contributed by atoms with van der Waals surface area (Å²) in [6.07, 6.45) is 0. The van der Waals surface area contributed by atoms with Crippen molar-refractivity contribution in [3.05, 3.63) is 94.2 Å². The first-order valence-corrected chi connectivity index (χ1v) is 9.95. The molecule has 3 aromatic carbocycles. The number of Topliss-reactive ketones (excluding diaryl/α,β-unsaturated/α-hetero) is 1. The molecule has 0 heterocycles. The van der Waals surface area contributed by atoms with Crippen LogP contribution in [0.15, 0.2) is 77.3 Å². The maximum absolute atomic E-state index is 13.0. The standard InChI is InChI=1S/C23H17BrFNO5/c24-19-12-17(25)8-11-21(19)30-14-22(28)31-13-20(27)15-6-9-18(10-7-15)26-23(29)16-4-2-1-3-5-16/h1-12H,13-14H2,(H,26,29). The number of rotatable bonds is 8. The predicted octanol–water partition coefficient (Wildman–Crippen LogP) is 4.65. The number of ether oxygens (including phenoxy) is 2. The van der Waals surface area contributed by atoms with Gasteiger partial charge in [-0.25, -0.2) is 9.18 Å². The van der Waals surface area contributed by atoms with Gasteiger partial charge in [-0.3, -0.25) is 9.59 Å². The van der Waals surface area contributed by atoms with E-state index in [0.717, 1.165) is 0 Å². The highest BCUT2D eigenvalue weighted by atomic mass is 79.9. The van der Waals surface area contributed by atoms with E-state index >= 15 is 0 Å². The Hall–Kier alpha value is -3.52. The molecule has 0 aromatic heterocycles. The summed E-state index contributed by atoms with van der Waals surface area (Å²) in [6, 6.07) is 18.7. The van der Waals surface area contributed by atoms with E-state index in [1.165, 1.54) is 30.3 Å². The van der Waals surface area contributed by atoms with E-state index in [1.54, 1.807) is 36.4 Å². The van der Waals surface area contributed by atoms with Gasteiger partial charge in [0.05, 0.1) is 4.47 Å². The van der Waals surface area contributed by atoms with Gasteiger partial charge in [-0.1, -0.05) is 18.2 Å². The van der Waals surface area contributed by atoms with Crippen LogP contribution in [0.1, 0.15) is 20.7 Å². The van der Waals surface area contributed by atoms with Crippen LogP contribution in [-0.2, 0) is 9.53 Å². The number of amides is 1. The van der Waals surface area contributed by atoms with Gasteiger partial charge in [-0.2, -0.15) is 0 Å². The van der Waals surface area contributed by atoms with Crippen molar-refractivity contribution in [2.75, 3.05) is 18.5 Å². The van der Waals surface area contributed by atoms with Gasteiger partial charge in [0.2, 0.25) is 0 Å². The van der Waals surface area contributed by atoms with Gasteiger partial charge >= 0.3 is 5.97 Å². The number of hydrogen-bond donors (Lipinski definition) is 1. The van der Waals surface area contributed by atoms with E-state index < -0.39 is 30.8 Å². The molecule has 0 saturated heterocycles. The predicted molar refractivity (Wildman–Crippen MR) is 116 cm³/mol. The first-order valence-electron chi connectivity index (χ1n) is 9.15. The van der Waals surface area contributed by atoms with Crippen molar-refractivity contribution in [1.82, 2.24) is 0 Å². The molecule has 0 radical (unpaired) electrons. The molecule has 0 aliphatic heterocycles. The minimum Gasteiger partial charge on any atom is -0.481 e. The Morgan fingerprint density at radius 2 is 1.58 bits per heavy atom. The molecule has 3 aromatic rings. The first-order chi connectivity index (χ1) is 14.9. The van der Waals surface area contributed by atoms with Crippen LogP contribution in [0.5, 0.6) is 5.75 Å². The third-order valence-corrected chi connectivity index (χ3v) is 4.72. The molecule has 0 bridgehead atoms. The molecule has 0 spiro atoms. The molecule has 0 unspecified atom stereocenters. The number of carbonyl (C=O) groups excluding carboxylic acids is 3. The zero-order chi connectivity index (χ0) is 22.2. The van der Waals surface area contributed by atoms with Crippen LogP contribution in [0.25, 0.3) is 0 Å². The summed E-state index contributed by atoms with van der Waals surface area (Å²) in [7, 11) is 0. The lowest BCUT2D eigenvalue weighted by molar-refractivity contribution is -0.144. The monoisotopic (exact) mass is 485 g/mol. The van der Waals surface area contributed by atoms with Crippen LogP contribution in [-0.4, -0.2) is 30.9 Å².